The van der Waals surface area contributed by atoms with Crippen LogP contribution >= 0.6 is 35.6 Å². The van der Waals surface area contributed by atoms with Gasteiger partial charge in [-0.3, -0.25) is 14.5 Å². The van der Waals surface area contributed by atoms with Crippen LogP contribution in [0.3, 0.4) is 0 Å². The van der Waals surface area contributed by atoms with E-state index in [0.717, 1.165) is 11.1 Å². The lowest BCUT2D eigenvalue weighted by Crippen LogP contribution is -2.27. The molecular weight excluding hydrogens is 476 g/mol. The number of halogens is 1. The Labute approximate surface area is 206 Å². The van der Waals surface area contributed by atoms with Crippen LogP contribution in [0.25, 0.3) is 6.08 Å². The van der Waals surface area contributed by atoms with Crippen molar-refractivity contribution in [2.45, 2.75) is 6.54 Å². The number of hydrogen-bond acceptors (Lipinski definition) is 5. The number of ether oxygens (including phenoxy) is 1. The van der Waals surface area contributed by atoms with Crippen LogP contribution < -0.4 is 10.1 Å². The highest BCUT2D eigenvalue weighted by Crippen LogP contribution is 2.33. The molecule has 5 nitrogen and oxygen atoms in total. The maximum absolute atomic E-state index is 12.8. The minimum absolute atomic E-state index is 0.105. The molecule has 1 saturated heterocycles. The van der Waals surface area contributed by atoms with Crippen LogP contribution in [0.2, 0.25) is 5.02 Å². The van der Waals surface area contributed by atoms with Gasteiger partial charge in [-0.05, 0) is 47.5 Å². The van der Waals surface area contributed by atoms with Gasteiger partial charge in [0.2, 0.25) is 0 Å². The van der Waals surface area contributed by atoms with Gasteiger partial charge in [-0.15, -0.1) is 0 Å². The number of anilines is 1. The van der Waals surface area contributed by atoms with E-state index in [-0.39, 0.29) is 18.4 Å². The van der Waals surface area contributed by atoms with Crippen molar-refractivity contribution in [2.75, 3.05) is 11.9 Å². The Hall–Kier alpha value is -3.13. The smallest absolute Gasteiger partial charge is 0.266 e. The van der Waals surface area contributed by atoms with E-state index in [0.29, 0.717) is 32.2 Å². The molecule has 0 atom stereocenters. The molecule has 3 aromatic rings. The predicted molar refractivity (Wildman–Crippen MR) is 137 cm³/mol. The van der Waals surface area contributed by atoms with Crippen LogP contribution in [0.15, 0.2) is 83.8 Å². The van der Waals surface area contributed by atoms with Crippen LogP contribution in [0.5, 0.6) is 5.75 Å². The molecule has 0 bridgehead atoms. The third-order valence-electron chi connectivity index (χ3n) is 4.71. The largest absolute Gasteiger partial charge is 0.484 e. The molecule has 8 heteroatoms. The quantitative estimate of drug-likeness (QED) is 0.334. The zero-order valence-corrected chi connectivity index (χ0v) is 19.8. The van der Waals surface area contributed by atoms with Crippen molar-refractivity contribution < 1.29 is 14.3 Å². The number of thioether (sulfide) groups is 1. The fourth-order valence-electron chi connectivity index (χ4n) is 3.13. The number of hydrogen-bond donors (Lipinski definition) is 1. The molecule has 0 spiro atoms. The van der Waals surface area contributed by atoms with Crippen LogP contribution in [0, 0.1) is 0 Å². The number of carbonyl (C=O) groups excluding carboxylic acids is 2. The molecule has 0 aromatic heterocycles. The highest BCUT2D eigenvalue weighted by molar-refractivity contribution is 8.26. The number of benzene rings is 3. The Balaban J connectivity index is 1.33. The van der Waals surface area contributed by atoms with Gasteiger partial charge in [0.15, 0.2) is 6.61 Å². The zero-order chi connectivity index (χ0) is 23.2. The first-order valence-corrected chi connectivity index (χ1v) is 11.7. The van der Waals surface area contributed by atoms with Crippen LogP contribution in [-0.2, 0) is 16.1 Å². The molecule has 166 valence electrons. The van der Waals surface area contributed by atoms with Crippen molar-refractivity contribution in [1.29, 1.82) is 0 Å². The Morgan fingerprint density at radius 2 is 1.82 bits per heavy atom. The second-order valence-corrected chi connectivity index (χ2v) is 9.28. The summed E-state index contributed by atoms with van der Waals surface area (Å²) in [5.41, 5.74) is 2.47. The minimum Gasteiger partial charge on any atom is -0.484 e. The summed E-state index contributed by atoms with van der Waals surface area (Å²) in [6, 6.07) is 23.8. The maximum atomic E-state index is 12.8. The molecule has 4 rings (SSSR count). The molecule has 1 aliphatic rings. The summed E-state index contributed by atoms with van der Waals surface area (Å²) in [5, 5.41) is 3.27. The second-order valence-electron chi connectivity index (χ2n) is 7.17. The molecule has 0 aliphatic carbocycles. The molecule has 3 aromatic carbocycles. The standard InChI is InChI=1S/C25H19ClN2O3S2/c26-19-7-4-8-20(14-19)27-23(29)16-31-21-11-9-17(10-12-21)13-22-24(30)28(25(32)33-22)15-18-5-2-1-3-6-18/h1-14H,15-16H2,(H,27,29)/b22-13-. The summed E-state index contributed by atoms with van der Waals surface area (Å²) < 4.78 is 6.09. The SMILES string of the molecule is O=C(COc1ccc(/C=C2\SC(=S)N(Cc3ccccc3)C2=O)cc1)Nc1cccc(Cl)c1. The first-order chi connectivity index (χ1) is 16.0. The summed E-state index contributed by atoms with van der Waals surface area (Å²) in [5.74, 6) is 0.153. The van der Waals surface area contributed by atoms with Crippen molar-refractivity contribution >= 4 is 63.5 Å². The molecule has 0 radical (unpaired) electrons. The van der Waals surface area contributed by atoms with E-state index in [4.69, 9.17) is 28.6 Å². The van der Waals surface area contributed by atoms with Gasteiger partial charge < -0.3 is 10.1 Å². The summed E-state index contributed by atoms with van der Waals surface area (Å²) in [6.45, 7) is 0.316. The second kappa shape index (κ2) is 10.7. The first-order valence-electron chi connectivity index (χ1n) is 10.1. The first kappa shape index (κ1) is 23.0. The monoisotopic (exact) mass is 494 g/mol. The number of thiocarbonyl (C=S) groups is 1. The van der Waals surface area contributed by atoms with E-state index in [1.807, 2.05) is 42.5 Å². The van der Waals surface area contributed by atoms with Crippen LogP contribution in [0.4, 0.5) is 5.69 Å². The Bertz CT molecular complexity index is 1210. The molecule has 0 unspecified atom stereocenters. The Morgan fingerprint density at radius 3 is 2.55 bits per heavy atom. The lowest BCUT2D eigenvalue weighted by Gasteiger charge is -2.14. The van der Waals surface area contributed by atoms with E-state index in [1.54, 1.807) is 47.4 Å². The van der Waals surface area contributed by atoms with Crippen molar-refractivity contribution in [3.05, 3.63) is 99.9 Å². The van der Waals surface area contributed by atoms with Crippen molar-refractivity contribution in [3.63, 3.8) is 0 Å². The van der Waals surface area contributed by atoms with E-state index in [9.17, 15) is 9.59 Å². The third kappa shape index (κ3) is 6.22. The summed E-state index contributed by atoms with van der Waals surface area (Å²) >= 11 is 12.6. The highest BCUT2D eigenvalue weighted by atomic mass is 35.5. The average Bonchev–Trinajstić information content (AvgIpc) is 3.06. The van der Waals surface area contributed by atoms with Gasteiger partial charge in [-0.25, -0.2) is 0 Å². The predicted octanol–water partition coefficient (Wildman–Crippen LogP) is 5.76. The molecule has 33 heavy (non-hydrogen) atoms. The van der Waals surface area contributed by atoms with Crippen molar-refractivity contribution in [1.82, 2.24) is 4.90 Å². The molecule has 2 amide bonds. The molecule has 1 N–H and O–H groups in total. The zero-order valence-electron chi connectivity index (χ0n) is 17.4. The van der Waals surface area contributed by atoms with Crippen LogP contribution in [0.1, 0.15) is 11.1 Å². The van der Waals surface area contributed by atoms with Crippen molar-refractivity contribution in [3.8, 4) is 5.75 Å². The highest BCUT2D eigenvalue weighted by Gasteiger charge is 2.31. The number of nitrogens with one attached hydrogen (secondary N) is 1. The fourth-order valence-corrected chi connectivity index (χ4v) is 4.57. The molecule has 0 saturated carbocycles. The van der Waals surface area contributed by atoms with E-state index in [2.05, 4.69) is 5.32 Å². The average molecular weight is 495 g/mol. The van der Waals surface area contributed by atoms with Gasteiger partial charge in [0, 0.05) is 10.7 Å². The lowest BCUT2D eigenvalue weighted by atomic mass is 10.2. The van der Waals surface area contributed by atoms with E-state index in [1.165, 1.54) is 11.8 Å². The molecular formula is C25H19ClN2O3S2. The molecule has 1 heterocycles. The maximum Gasteiger partial charge on any atom is 0.266 e. The fraction of sp³-hybridized carbons (Fsp3) is 0.0800. The summed E-state index contributed by atoms with van der Waals surface area (Å²) in [4.78, 5) is 27.1. The number of nitrogens with zero attached hydrogens (tertiary/aromatic N) is 1. The van der Waals surface area contributed by atoms with Gasteiger partial charge in [-0.1, -0.05) is 84.1 Å². The molecule has 1 fully saturated rings. The van der Waals surface area contributed by atoms with Gasteiger partial charge in [-0.2, -0.15) is 0 Å². The van der Waals surface area contributed by atoms with Crippen molar-refractivity contribution in [2.24, 2.45) is 0 Å². The number of carbonyl (C=O) groups is 2. The van der Waals surface area contributed by atoms with Crippen LogP contribution in [-0.4, -0.2) is 27.6 Å². The van der Waals surface area contributed by atoms with E-state index < -0.39 is 0 Å². The van der Waals surface area contributed by atoms with Gasteiger partial charge in [0.05, 0.1) is 11.4 Å². The topological polar surface area (TPSA) is 58.6 Å². The third-order valence-corrected chi connectivity index (χ3v) is 6.33. The Kier molecular flexibility index (Phi) is 7.44. The number of amides is 2. The lowest BCUT2D eigenvalue weighted by molar-refractivity contribution is -0.122. The summed E-state index contributed by atoms with van der Waals surface area (Å²) in [7, 11) is 0. The van der Waals surface area contributed by atoms with Gasteiger partial charge >= 0.3 is 0 Å². The summed E-state index contributed by atoms with van der Waals surface area (Å²) in [6.07, 6.45) is 1.81. The van der Waals surface area contributed by atoms with E-state index >= 15 is 0 Å². The number of rotatable bonds is 7. The van der Waals surface area contributed by atoms with Gasteiger partial charge in [0.25, 0.3) is 11.8 Å². The van der Waals surface area contributed by atoms with Gasteiger partial charge in [0.1, 0.15) is 10.1 Å². The normalized spacial score (nSPS) is 14.6. The Morgan fingerprint density at radius 1 is 1.06 bits per heavy atom. The minimum atomic E-state index is -0.288. The molecule has 1 aliphatic heterocycles.